The number of methoxy groups -OCH3 is 1. The molecule has 0 bridgehead atoms. The number of carbonyl (C=O) groups is 1. The lowest BCUT2D eigenvalue weighted by atomic mass is 9.79. The van der Waals surface area contributed by atoms with Gasteiger partial charge in [0, 0.05) is 25.4 Å². The fourth-order valence-corrected chi connectivity index (χ4v) is 11.8. The predicted molar refractivity (Wildman–Crippen MR) is 270 cm³/mol. The molecule has 1 aromatic carbocycles. The summed E-state index contributed by atoms with van der Waals surface area (Å²) in [7, 11) is -2.44. The van der Waals surface area contributed by atoms with Gasteiger partial charge < -0.3 is 42.0 Å². The molecule has 4 saturated heterocycles. The second kappa shape index (κ2) is 22.5. The number of rotatable bonds is 19. The van der Waals surface area contributed by atoms with Crippen LogP contribution in [0.4, 0.5) is 0 Å². The maximum atomic E-state index is 12.2. The van der Waals surface area contributed by atoms with E-state index in [1.807, 2.05) is 32.9 Å². The van der Waals surface area contributed by atoms with Crippen molar-refractivity contribution in [3.63, 3.8) is 0 Å². The molecule has 10 nitrogen and oxygen atoms in total. The normalized spacial score (nSPS) is 31.5. The van der Waals surface area contributed by atoms with Crippen LogP contribution in [0.15, 0.2) is 48.6 Å². The fourth-order valence-electron chi connectivity index (χ4n) is 9.37. The summed E-state index contributed by atoms with van der Waals surface area (Å²) in [5, 5.41) is 0.170. The Morgan fingerprint density at radius 2 is 1.41 bits per heavy atom. The van der Waals surface area contributed by atoms with E-state index in [4.69, 9.17) is 42.0 Å². The van der Waals surface area contributed by atoms with Gasteiger partial charge in [-0.2, -0.15) is 0 Å². The predicted octanol–water partition coefficient (Wildman–Crippen LogP) is 12.5. The summed E-state index contributed by atoms with van der Waals surface area (Å²) in [4.78, 5) is 12.2. The average molecular weight is 957 g/mol. The van der Waals surface area contributed by atoms with Gasteiger partial charge in [-0.05, 0) is 137 Å². The van der Waals surface area contributed by atoms with Crippen LogP contribution in [-0.4, -0.2) is 104 Å². The molecule has 376 valence electrons. The van der Waals surface area contributed by atoms with Crippen LogP contribution in [-0.2, 0) is 48.7 Å². The average Bonchev–Trinajstić information content (AvgIpc) is 3.57. The summed E-state index contributed by atoms with van der Waals surface area (Å²) in [5.41, 5.74) is 2.84. The Bertz CT molecular complexity index is 1740. The number of esters is 1. The topological polar surface area (TPSA) is 100 Å². The van der Waals surface area contributed by atoms with Gasteiger partial charge in [0.1, 0.15) is 5.75 Å². The third-order valence-electron chi connectivity index (χ3n) is 15.9. The fraction of sp³-hybridized carbons (Fsp3) is 0.796. The molecule has 0 aromatic heterocycles. The Balaban J connectivity index is 1.30. The zero-order valence-corrected chi connectivity index (χ0v) is 46.2. The molecule has 66 heavy (non-hydrogen) atoms. The van der Waals surface area contributed by atoms with Crippen molar-refractivity contribution in [1.29, 1.82) is 0 Å². The Morgan fingerprint density at radius 3 is 2.03 bits per heavy atom. The van der Waals surface area contributed by atoms with E-state index < -0.39 is 22.0 Å². The molecule has 0 radical (unpaired) electrons. The van der Waals surface area contributed by atoms with E-state index in [9.17, 15) is 4.79 Å². The minimum atomic E-state index is -2.17. The number of ether oxygens (including phenoxy) is 7. The monoisotopic (exact) mass is 957 g/mol. The van der Waals surface area contributed by atoms with Gasteiger partial charge >= 0.3 is 5.97 Å². The van der Waals surface area contributed by atoms with Crippen molar-refractivity contribution in [3.05, 3.63) is 54.1 Å². The summed E-state index contributed by atoms with van der Waals surface area (Å²) in [6.45, 7) is 43.8. The number of fused-ring (bicyclic) bond motifs is 1. The first-order valence-electron chi connectivity index (χ1n) is 25.3. The van der Waals surface area contributed by atoms with Gasteiger partial charge in [-0.1, -0.05) is 80.7 Å². The second-order valence-corrected chi connectivity index (χ2v) is 33.9. The number of hydrogen-bond donors (Lipinski definition) is 0. The third-order valence-corrected chi connectivity index (χ3v) is 24.9. The van der Waals surface area contributed by atoms with Crippen molar-refractivity contribution >= 4 is 22.6 Å². The minimum absolute atomic E-state index is 0.0000345. The van der Waals surface area contributed by atoms with Gasteiger partial charge in [0.05, 0.1) is 86.8 Å². The number of hydrogen-bond acceptors (Lipinski definition) is 10. The number of benzene rings is 1. The van der Waals surface area contributed by atoms with Crippen molar-refractivity contribution in [2.24, 2.45) is 17.3 Å². The van der Waals surface area contributed by atoms with Crippen LogP contribution in [0.5, 0.6) is 5.75 Å². The summed E-state index contributed by atoms with van der Waals surface area (Å²) >= 11 is 0. The highest BCUT2D eigenvalue weighted by molar-refractivity contribution is 6.74. The van der Waals surface area contributed by atoms with E-state index in [-0.39, 0.29) is 83.0 Å². The maximum absolute atomic E-state index is 12.2. The van der Waals surface area contributed by atoms with Gasteiger partial charge in [-0.15, -0.1) is 0 Å². The van der Waals surface area contributed by atoms with E-state index in [1.165, 1.54) is 0 Å². The Labute approximate surface area is 403 Å². The third kappa shape index (κ3) is 14.4. The molecule has 0 unspecified atom stereocenters. The van der Waals surface area contributed by atoms with Crippen molar-refractivity contribution in [3.8, 4) is 5.75 Å². The summed E-state index contributed by atoms with van der Waals surface area (Å²) < 4.78 is 60.0. The zero-order valence-electron chi connectivity index (χ0n) is 44.2. The van der Waals surface area contributed by atoms with Crippen molar-refractivity contribution in [1.82, 2.24) is 0 Å². The van der Waals surface area contributed by atoms with Crippen LogP contribution in [0.1, 0.15) is 140 Å². The lowest BCUT2D eigenvalue weighted by Gasteiger charge is -2.53. The lowest BCUT2D eigenvalue weighted by Crippen LogP contribution is -2.62. The van der Waals surface area contributed by atoms with E-state index in [0.717, 1.165) is 73.8 Å². The maximum Gasteiger partial charge on any atom is 0.311 e. The van der Waals surface area contributed by atoms with Crippen LogP contribution in [0, 0.1) is 17.3 Å². The highest BCUT2D eigenvalue weighted by Crippen LogP contribution is 2.45. The first-order valence-corrected chi connectivity index (χ1v) is 31.1. The molecule has 0 spiro atoms. The molecule has 0 aliphatic carbocycles. The van der Waals surface area contributed by atoms with Crippen molar-refractivity contribution < 1.29 is 46.8 Å². The molecular formula is C54H92O10Si2. The standard InChI is InChI=1S/C54H92O10Si2/c1-35-30-42(25-26-43-36(2)31-41(60-43)20-19-28-57-51(55)52(5,6)7)61-45(37(35)3)32-47-49(58-34-39-21-23-40(56-14)24-22-39)38(4)50-48(62-47)33-46(64-66(17,18)54(11,12)13)44(63-50)27-29-59-65(15,16)53(8,9)10/h21-24,35,38,41-50H,2-3,19-20,25-34H2,1,4-18H3/t35-,38-,41+,42+,43+,44-,45-,46-,47+,48+,49-,50+/m1/s1. The molecule has 1 aromatic rings. The van der Waals surface area contributed by atoms with Crippen LogP contribution >= 0.6 is 0 Å². The van der Waals surface area contributed by atoms with Crippen LogP contribution < -0.4 is 4.74 Å². The van der Waals surface area contributed by atoms with Crippen LogP contribution in [0.3, 0.4) is 0 Å². The molecule has 4 fully saturated rings. The zero-order chi connectivity index (χ0) is 49.0. The van der Waals surface area contributed by atoms with Crippen molar-refractivity contribution in [2.45, 2.75) is 238 Å². The van der Waals surface area contributed by atoms with Gasteiger partial charge in [0.2, 0.25) is 0 Å². The molecular weight excluding hydrogens is 865 g/mol. The smallest absolute Gasteiger partial charge is 0.311 e. The molecule has 4 aliphatic rings. The van der Waals surface area contributed by atoms with Gasteiger partial charge in [0.15, 0.2) is 16.6 Å². The van der Waals surface area contributed by atoms with Gasteiger partial charge in [-0.3, -0.25) is 4.79 Å². The summed E-state index contributed by atoms with van der Waals surface area (Å²) in [6.07, 6.45) is 6.22. The molecule has 4 aliphatic heterocycles. The van der Waals surface area contributed by atoms with E-state index in [0.29, 0.717) is 32.2 Å². The summed E-state index contributed by atoms with van der Waals surface area (Å²) in [6, 6.07) is 8.10. The largest absolute Gasteiger partial charge is 0.497 e. The quantitative estimate of drug-likeness (QED) is 0.0577. The lowest BCUT2D eigenvalue weighted by molar-refractivity contribution is -0.276. The van der Waals surface area contributed by atoms with E-state index in [2.05, 4.69) is 107 Å². The molecule has 5 rings (SSSR count). The molecule has 12 atom stereocenters. The molecule has 4 heterocycles. The van der Waals surface area contributed by atoms with E-state index in [1.54, 1.807) is 7.11 Å². The van der Waals surface area contributed by atoms with E-state index >= 15 is 0 Å². The van der Waals surface area contributed by atoms with Crippen molar-refractivity contribution in [2.75, 3.05) is 20.3 Å². The molecule has 0 saturated carbocycles. The molecule has 12 heteroatoms. The Morgan fingerprint density at radius 1 is 0.758 bits per heavy atom. The first kappa shape index (κ1) is 55.1. The molecule has 0 amide bonds. The van der Waals surface area contributed by atoms with Crippen LogP contribution in [0.25, 0.3) is 0 Å². The molecule has 0 N–H and O–H groups in total. The SMILES string of the molecule is C=C1C[C@H](CCCOC(=O)C(C)(C)C)O[C@H]1CC[C@H]1C[C@@H](C)C(=C)[C@@H](C[C@@H]2O[C@H]3C[C@@H](O[Si](C)(C)C(C)(C)C)[C@@H](CCO[Si](C)(C)C(C)(C)C)O[C@H]3[C@H](C)[C@H]2OCc2ccc(OC)cc2)O1. The highest BCUT2D eigenvalue weighted by Gasteiger charge is 2.53. The minimum Gasteiger partial charge on any atom is -0.497 e. The second-order valence-electron chi connectivity index (χ2n) is 24.3. The van der Waals surface area contributed by atoms with Gasteiger partial charge in [-0.25, -0.2) is 0 Å². The van der Waals surface area contributed by atoms with Crippen LogP contribution in [0.2, 0.25) is 36.3 Å². The number of carbonyl (C=O) groups excluding carboxylic acids is 1. The Kier molecular flexibility index (Phi) is 18.7. The highest BCUT2D eigenvalue weighted by atomic mass is 28.4. The first-order chi connectivity index (χ1) is 30.6. The van der Waals surface area contributed by atoms with Gasteiger partial charge in [0.25, 0.3) is 0 Å². The Hall–Kier alpha value is -1.88. The summed E-state index contributed by atoms with van der Waals surface area (Å²) in [5.74, 6) is 0.991.